The van der Waals surface area contributed by atoms with Crippen LogP contribution in [0.2, 0.25) is 0 Å². The van der Waals surface area contributed by atoms with Crippen LogP contribution in [0.25, 0.3) is 11.0 Å². The van der Waals surface area contributed by atoms with E-state index in [9.17, 15) is 9.59 Å². The van der Waals surface area contributed by atoms with Gasteiger partial charge in [0.2, 0.25) is 5.91 Å². The van der Waals surface area contributed by atoms with Gasteiger partial charge in [0.05, 0.1) is 42.8 Å². The van der Waals surface area contributed by atoms with Gasteiger partial charge in [0.15, 0.2) is 0 Å². The molecule has 0 bridgehead atoms. The summed E-state index contributed by atoms with van der Waals surface area (Å²) in [6.45, 7) is 1.34. The molecular weight excluding hydrogens is 358 g/mol. The van der Waals surface area contributed by atoms with E-state index in [4.69, 9.17) is 9.47 Å². The van der Waals surface area contributed by atoms with E-state index in [1.54, 1.807) is 12.1 Å². The minimum absolute atomic E-state index is 0.0317. The SMILES string of the molecule is COC(=O)c1ccc2c(c1)nc1n2[C@@H](CNC(=O)Cc2ccccc2)COC1. The number of esters is 1. The molecule has 7 heteroatoms. The van der Waals surface area contributed by atoms with E-state index >= 15 is 0 Å². The highest BCUT2D eigenvalue weighted by Gasteiger charge is 2.25. The van der Waals surface area contributed by atoms with Crippen LogP contribution < -0.4 is 5.32 Å². The van der Waals surface area contributed by atoms with E-state index in [0.29, 0.717) is 37.3 Å². The standard InChI is InChI=1S/C21H21N3O4/c1-27-21(26)15-7-8-18-17(10-15)23-19-13-28-12-16(24(18)19)11-22-20(25)9-14-5-3-2-4-6-14/h2-8,10,16H,9,11-13H2,1H3,(H,22,25)/t16-/m0/s1. The summed E-state index contributed by atoms with van der Waals surface area (Å²) >= 11 is 0. The third-order valence-corrected chi connectivity index (χ3v) is 4.83. The lowest BCUT2D eigenvalue weighted by Gasteiger charge is -2.26. The van der Waals surface area contributed by atoms with E-state index in [-0.39, 0.29) is 11.9 Å². The zero-order valence-electron chi connectivity index (χ0n) is 15.6. The molecule has 28 heavy (non-hydrogen) atoms. The predicted molar refractivity (Wildman–Crippen MR) is 103 cm³/mol. The summed E-state index contributed by atoms with van der Waals surface area (Å²) in [6.07, 6.45) is 0.342. The summed E-state index contributed by atoms with van der Waals surface area (Å²) in [6, 6.07) is 14.9. The lowest BCUT2D eigenvalue weighted by molar-refractivity contribution is -0.120. The van der Waals surface area contributed by atoms with Gasteiger partial charge in [-0.15, -0.1) is 0 Å². The van der Waals surface area contributed by atoms with Crippen LogP contribution in [0.4, 0.5) is 0 Å². The molecule has 1 N–H and O–H groups in total. The largest absolute Gasteiger partial charge is 0.465 e. The summed E-state index contributed by atoms with van der Waals surface area (Å²) in [7, 11) is 1.35. The van der Waals surface area contributed by atoms with Gasteiger partial charge in [0.1, 0.15) is 12.4 Å². The molecule has 0 unspecified atom stereocenters. The quantitative estimate of drug-likeness (QED) is 0.688. The number of aromatic nitrogens is 2. The molecule has 0 saturated heterocycles. The number of carbonyl (C=O) groups is 2. The van der Waals surface area contributed by atoms with Crippen LogP contribution in [0.1, 0.15) is 27.8 Å². The van der Waals surface area contributed by atoms with Gasteiger partial charge in [-0.3, -0.25) is 4.79 Å². The molecule has 0 spiro atoms. The van der Waals surface area contributed by atoms with Crippen molar-refractivity contribution in [3.8, 4) is 0 Å². The van der Waals surface area contributed by atoms with Crippen LogP contribution in [-0.2, 0) is 27.3 Å². The molecule has 2 aromatic carbocycles. The summed E-state index contributed by atoms with van der Waals surface area (Å²) in [5, 5.41) is 2.99. The van der Waals surface area contributed by atoms with Crippen molar-refractivity contribution in [1.29, 1.82) is 0 Å². The fourth-order valence-corrected chi connectivity index (χ4v) is 3.49. The van der Waals surface area contributed by atoms with Crippen LogP contribution in [-0.4, -0.2) is 41.7 Å². The van der Waals surface area contributed by atoms with Crippen molar-refractivity contribution in [1.82, 2.24) is 14.9 Å². The zero-order chi connectivity index (χ0) is 19.5. The number of carbonyl (C=O) groups excluding carboxylic acids is 2. The van der Waals surface area contributed by atoms with Crippen LogP contribution in [0.5, 0.6) is 0 Å². The van der Waals surface area contributed by atoms with Gasteiger partial charge in [-0.25, -0.2) is 9.78 Å². The molecule has 0 saturated carbocycles. The van der Waals surface area contributed by atoms with Gasteiger partial charge in [-0.2, -0.15) is 0 Å². The Kier molecular flexibility index (Phi) is 5.08. The number of hydrogen-bond donors (Lipinski definition) is 1. The van der Waals surface area contributed by atoms with Gasteiger partial charge < -0.3 is 19.4 Å². The molecule has 4 rings (SSSR count). The zero-order valence-corrected chi connectivity index (χ0v) is 15.6. The Labute approximate surface area is 162 Å². The molecular formula is C21H21N3O4. The first-order valence-electron chi connectivity index (χ1n) is 9.13. The average molecular weight is 379 g/mol. The molecule has 1 atom stereocenters. The molecule has 7 nitrogen and oxygen atoms in total. The molecule has 3 aromatic rings. The fraction of sp³-hybridized carbons (Fsp3) is 0.286. The molecule has 0 aliphatic carbocycles. The van der Waals surface area contributed by atoms with Gasteiger partial charge in [0, 0.05) is 6.54 Å². The van der Waals surface area contributed by atoms with Crippen LogP contribution in [0.3, 0.4) is 0 Å². The Morgan fingerprint density at radius 3 is 2.86 bits per heavy atom. The number of rotatable bonds is 5. The number of amides is 1. The number of fused-ring (bicyclic) bond motifs is 3. The second-order valence-electron chi connectivity index (χ2n) is 6.73. The molecule has 1 amide bonds. The van der Waals surface area contributed by atoms with Crippen LogP contribution >= 0.6 is 0 Å². The van der Waals surface area contributed by atoms with E-state index in [2.05, 4.69) is 14.9 Å². The van der Waals surface area contributed by atoms with Crippen molar-refractivity contribution >= 4 is 22.9 Å². The summed E-state index contributed by atoms with van der Waals surface area (Å²) < 4.78 is 12.5. The number of ether oxygens (including phenoxy) is 2. The summed E-state index contributed by atoms with van der Waals surface area (Å²) in [4.78, 5) is 28.6. The first-order valence-corrected chi connectivity index (χ1v) is 9.13. The predicted octanol–water partition coefficient (Wildman–Crippen LogP) is 2.25. The third kappa shape index (κ3) is 3.61. The number of nitrogens with one attached hydrogen (secondary N) is 1. The Morgan fingerprint density at radius 1 is 1.25 bits per heavy atom. The van der Waals surface area contributed by atoms with Gasteiger partial charge in [-0.1, -0.05) is 30.3 Å². The van der Waals surface area contributed by atoms with Crippen molar-refractivity contribution in [2.45, 2.75) is 19.1 Å². The molecule has 1 aliphatic heterocycles. The normalized spacial score (nSPS) is 15.8. The lowest BCUT2D eigenvalue weighted by Crippen LogP contribution is -2.36. The maximum atomic E-state index is 12.3. The molecule has 0 radical (unpaired) electrons. The van der Waals surface area contributed by atoms with E-state index in [1.807, 2.05) is 36.4 Å². The number of methoxy groups -OCH3 is 1. The minimum Gasteiger partial charge on any atom is -0.465 e. The molecule has 2 heterocycles. The molecule has 1 aromatic heterocycles. The minimum atomic E-state index is -0.395. The molecule has 0 fully saturated rings. The van der Waals surface area contributed by atoms with Crippen molar-refractivity contribution in [3.05, 3.63) is 65.5 Å². The van der Waals surface area contributed by atoms with Crippen molar-refractivity contribution in [2.24, 2.45) is 0 Å². The van der Waals surface area contributed by atoms with Gasteiger partial charge in [-0.05, 0) is 23.8 Å². The van der Waals surface area contributed by atoms with Gasteiger partial charge >= 0.3 is 5.97 Å². The third-order valence-electron chi connectivity index (χ3n) is 4.83. The second kappa shape index (κ2) is 7.82. The Morgan fingerprint density at radius 2 is 2.07 bits per heavy atom. The summed E-state index contributed by atoms with van der Waals surface area (Å²) in [5.41, 5.74) is 3.06. The molecule has 1 aliphatic rings. The van der Waals surface area contributed by atoms with Crippen molar-refractivity contribution < 1.29 is 19.1 Å². The highest BCUT2D eigenvalue weighted by Crippen LogP contribution is 2.26. The smallest absolute Gasteiger partial charge is 0.337 e. The van der Waals surface area contributed by atoms with Crippen molar-refractivity contribution in [2.75, 3.05) is 20.3 Å². The fourth-order valence-electron chi connectivity index (χ4n) is 3.49. The van der Waals surface area contributed by atoms with E-state index < -0.39 is 5.97 Å². The second-order valence-corrected chi connectivity index (χ2v) is 6.73. The lowest BCUT2D eigenvalue weighted by atomic mass is 10.1. The van der Waals surface area contributed by atoms with Crippen LogP contribution in [0, 0.1) is 0 Å². The highest BCUT2D eigenvalue weighted by atomic mass is 16.5. The van der Waals surface area contributed by atoms with E-state index in [1.165, 1.54) is 7.11 Å². The first-order chi connectivity index (χ1) is 13.7. The first kappa shape index (κ1) is 18.2. The van der Waals surface area contributed by atoms with Gasteiger partial charge in [0.25, 0.3) is 0 Å². The number of nitrogens with zero attached hydrogens (tertiary/aromatic N) is 2. The maximum Gasteiger partial charge on any atom is 0.337 e. The van der Waals surface area contributed by atoms with E-state index in [0.717, 1.165) is 16.9 Å². The molecule has 144 valence electrons. The highest BCUT2D eigenvalue weighted by molar-refractivity contribution is 5.93. The number of benzene rings is 2. The Balaban J connectivity index is 1.51. The average Bonchev–Trinajstić information content (AvgIpc) is 3.10. The topological polar surface area (TPSA) is 82.5 Å². The maximum absolute atomic E-state index is 12.3. The Hall–Kier alpha value is -3.19. The monoisotopic (exact) mass is 379 g/mol. The summed E-state index contributed by atoms with van der Waals surface area (Å²) in [5.74, 6) is 0.357. The Bertz CT molecular complexity index is 1010. The number of hydrogen-bond acceptors (Lipinski definition) is 5. The number of imidazole rings is 1. The van der Waals surface area contributed by atoms with Crippen molar-refractivity contribution in [3.63, 3.8) is 0 Å². The van der Waals surface area contributed by atoms with Crippen LogP contribution in [0.15, 0.2) is 48.5 Å².